The van der Waals surface area contributed by atoms with Crippen LogP contribution in [0.3, 0.4) is 0 Å². The number of pyridine rings is 1. The summed E-state index contributed by atoms with van der Waals surface area (Å²) in [7, 11) is 1.98. The van der Waals surface area contributed by atoms with Crippen molar-refractivity contribution in [3.63, 3.8) is 0 Å². The minimum Gasteiger partial charge on any atom is -0.461 e. The van der Waals surface area contributed by atoms with Crippen molar-refractivity contribution < 1.29 is 22.3 Å². The van der Waals surface area contributed by atoms with Gasteiger partial charge in [0.05, 0.1) is 5.56 Å². The highest BCUT2D eigenvalue weighted by Gasteiger charge is 2.39. The van der Waals surface area contributed by atoms with Gasteiger partial charge in [0.25, 0.3) is 5.56 Å². The van der Waals surface area contributed by atoms with Gasteiger partial charge in [-0.3, -0.25) is 4.79 Å². The third-order valence-electron chi connectivity index (χ3n) is 7.24. The molecule has 204 valence electrons. The number of fused-ring (bicyclic) bond motifs is 1. The van der Waals surface area contributed by atoms with Crippen LogP contribution >= 0.6 is 0 Å². The molecule has 2 aliphatic heterocycles. The molecule has 0 amide bonds. The van der Waals surface area contributed by atoms with E-state index in [9.17, 15) is 18.0 Å². The molecule has 0 bridgehead atoms. The Morgan fingerprint density at radius 1 is 1.24 bits per heavy atom. The average molecular weight is 536 g/mol. The van der Waals surface area contributed by atoms with Gasteiger partial charge in [0.15, 0.2) is 5.82 Å². The van der Waals surface area contributed by atoms with Gasteiger partial charge in [-0.1, -0.05) is 6.07 Å². The van der Waals surface area contributed by atoms with E-state index in [0.717, 1.165) is 30.0 Å². The number of ether oxygens (including phenoxy) is 1. The summed E-state index contributed by atoms with van der Waals surface area (Å²) >= 11 is 0. The Morgan fingerprint density at radius 3 is 2.68 bits per heavy atom. The molecule has 2 atom stereocenters. The molecule has 2 fully saturated rings. The van der Waals surface area contributed by atoms with Gasteiger partial charge < -0.3 is 25.6 Å². The van der Waals surface area contributed by atoms with E-state index < -0.39 is 34.2 Å². The summed E-state index contributed by atoms with van der Waals surface area (Å²) in [4.78, 5) is 21.6. The summed E-state index contributed by atoms with van der Waals surface area (Å²) in [6, 6.07) is 3.83. The van der Waals surface area contributed by atoms with Gasteiger partial charge in [-0.15, -0.1) is 5.10 Å². The summed E-state index contributed by atoms with van der Waals surface area (Å²) in [5.41, 5.74) is 2.13. The van der Waals surface area contributed by atoms with Crippen molar-refractivity contribution in [3.8, 4) is 17.1 Å². The molecule has 2 aliphatic rings. The Hall–Kier alpha value is -3.45. The van der Waals surface area contributed by atoms with Crippen LogP contribution in [-0.4, -0.2) is 71.4 Å². The first-order valence-electron chi connectivity index (χ1n) is 12.5. The molecule has 0 radical (unpaired) electrons. The smallest absolute Gasteiger partial charge is 0.417 e. The molecule has 9 nitrogen and oxygen atoms in total. The minimum absolute atomic E-state index is 0.0460. The molecule has 5 rings (SSSR count). The molecule has 38 heavy (non-hydrogen) atoms. The van der Waals surface area contributed by atoms with E-state index >= 15 is 4.39 Å². The molecular weight excluding hydrogens is 506 g/mol. The Kier molecular flexibility index (Phi) is 6.90. The molecule has 0 aliphatic carbocycles. The largest absolute Gasteiger partial charge is 0.461 e. The molecule has 2 aromatic heterocycles. The minimum atomic E-state index is -4.98. The number of nitrogen functional groups attached to an aromatic ring is 1. The van der Waals surface area contributed by atoms with E-state index in [0.29, 0.717) is 25.7 Å². The molecule has 3 N–H and O–H groups in total. The number of rotatable bonds is 5. The van der Waals surface area contributed by atoms with Crippen molar-refractivity contribution in [2.24, 2.45) is 0 Å². The average Bonchev–Trinajstić information content (AvgIpc) is 3.27. The zero-order valence-corrected chi connectivity index (χ0v) is 21.1. The summed E-state index contributed by atoms with van der Waals surface area (Å²) in [6.45, 7) is 4.49. The number of piperazine rings is 1. The van der Waals surface area contributed by atoms with E-state index in [4.69, 9.17) is 10.5 Å². The third kappa shape index (κ3) is 4.75. The number of alkyl halides is 3. The Bertz CT molecular complexity index is 1390. The van der Waals surface area contributed by atoms with Crippen LogP contribution in [0.2, 0.25) is 0 Å². The predicted octanol–water partition coefficient (Wildman–Crippen LogP) is 2.77. The normalized spacial score (nSPS) is 20.8. The summed E-state index contributed by atoms with van der Waals surface area (Å²) in [5, 5.41) is 7.41. The maximum atomic E-state index is 15.2. The second-order valence-electron chi connectivity index (χ2n) is 9.79. The summed E-state index contributed by atoms with van der Waals surface area (Å²) in [6.07, 6.45) is -3.05. The lowest BCUT2D eigenvalue weighted by Crippen LogP contribution is -2.50. The van der Waals surface area contributed by atoms with Crippen molar-refractivity contribution in [3.05, 3.63) is 46.0 Å². The third-order valence-corrected chi connectivity index (χ3v) is 7.24. The van der Waals surface area contributed by atoms with Crippen LogP contribution in [0, 0.1) is 5.82 Å². The van der Waals surface area contributed by atoms with E-state index in [2.05, 4.69) is 20.3 Å². The molecule has 13 heteroatoms. The highest BCUT2D eigenvalue weighted by Crippen LogP contribution is 2.44. The quantitative estimate of drug-likeness (QED) is 0.380. The van der Waals surface area contributed by atoms with Gasteiger partial charge in [0, 0.05) is 54.6 Å². The van der Waals surface area contributed by atoms with Gasteiger partial charge in [-0.05, 0) is 45.5 Å². The van der Waals surface area contributed by atoms with Crippen LogP contribution in [0.1, 0.15) is 25.3 Å². The van der Waals surface area contributed by atoms with Gasteiger partial charge in [0.1, 0.15) is 17.9 Å². The summed E-state index contributed by atoms with van der Waals surface area (Å²) in [5.74, 6) is -0.912. The molecule has 0 unspecified atom stereocenters. The first-order chi connectivity index (χ1) is 18.1. The summed E-state index contributed by atoms with van der Waals surface area (Å²) < 4.78 is 65.0. The lowest BCUT2D eigenvalue weighted by Gasteiger charge is -2.36. The molecule has 0 saturated carbocycles. The molecule has 3 aromatic rings. The lowest BCUT2D eigenvalue weighted by atomic mass is 9.96. The van der Waals surface area contributed by atoms with Gasteiger partial charge >= 0.3 is 12.2 Å². The molecule has 4 heterocycles. The lowest BCUT2D eigenvalue weighted by molar-refractivity contribution is -0.137. The Balaban J connectivity index is 1.81. The number of nitrogens with zero attached hydrogens (tertiary/aromatic N) is 5. The second kappa shape index (κ2) is 10.0. The van der Waals surface area contributed by atoms with E-state index in [-0.39, 0.29) is 41.7 Å². The Labute approximate surface area is 216 Å². The van der Waals surface area contributed by atoms with Gasteiger partial charge in [0.2, 0.25) is 0 Å². The topological polar surface area (TPSA) is 101 Å². The predicted molar refractivity (Wildman–Crippen MR) is 135 cm³/mol. The van der Waals surface area contributed by atoms with Crippen molar-refractivity contribution in [1.29, 1.82) is 0 Å². The monoisotopic (exact) mass is 535 g/mol. The van der Waals surface area contributed by atoms with Crippen LogP contribution in [0.5, 0.6) is 6.01 Å². The Morgan fingerprint density at radius 2 is 2.03 bits per heavy atom. The molecule has 0 spiro atoms. The van der Waals surface area contributed by atoms with E-state index in [1.54, 1.807) is 4.90 Å². The first kappa shape index (κ1) is 26.2. The zero-order chi connectivity index (χ0) is 27.2. The molecule has 1 aromatic carbocycles. The number of halogens is 4. The fourth-order valence-corrected chi connectivity index (χ4v) is 5.22. The van der Waals surface area contributed by atoms with Crippen LogP contribution in [0.4, 0.5) is 29.1 Å². The van der Waals surface area contributed by atoms with Crippen molar-refractivity contribution in [2.75, 3.05) is 50.5 Å². The maximum absolute atomic E-state index is 15.2. The van der Waals surface area contributed by atoms with Gasteiger partial charge in [-0.25, -0.2) is 4.39 Å². The number of hydrogen-bond donors (Lipinski definition) is 2. The highest BCUT2D eigenvalue weighted by molar-refractivity contribution is 5.95. The number of likely N-dealkylation sites (tertiary alicyclic amines) is 1. The zero-order valence-electron chi connectivity index (χ0n) is 21.1. The standard InChI is InChI=1S/C25H29F4N7O2/c1-14-12-31-8-10-35(14)23-22-20(21-17(26)6-3-7-18(21)30)16(25(27,28)29)11-19(37)36(22)33-24(32-23)38-13-15-5-4-9-34(15)2/h3,6-7,11,14-15,31H,4-5,8-10,12-13,30H2,1-2H3/t14-,15-/m0/s1. The van der Waals surface area contributed by atoms with Crippen molar-refractivity contribution >= 4 is 17.0 Å². The van der Waals surface area contributed by atoms with Crippen LogP contribution in [0.25, 0.3) is 16.6 Å². The fourth-order valence-electron chi connectivity index (χ4n) is 5.22. The fraction of sp³-hybridized carbons (Fsp3) is 0.480. The number of hydrogen-bond acceptors (Lipinski definition) is 8. The number of benzene rings is 1. The highest BCUT2D eigenvalue weighted by atomic mass is 19.4. The van der Waals surface area contributed by atoms with Crippen LogP contribution in [-0.2, 0) is 6.18 Å². The van der Waals surface area contributed by atoms with E-state index in [1.165, 1.54) is 12.1 Å². The number of aromatic nitrogens is 3. The van der Waals surface area contributed by atoms with Crippen LogP contribution in [0.15, 0.2) is 29.1 Å². The first-order valence-corrected chi connectivity index (χ1v) is 12.5. The molecule has 2 saturated heterocycles. The number of anilines is 2. The number of nitrogens with two attached hydrogens (primary N) is 1. The van der Waals surface area contributed by atoms with Crippen molar-refractivity contribution in [2.45, 2.75) is 38.0 Å². The van der Waals surface area contributed by atoms with Crippen LogP contribution < -0.4 is 26.2 Å². The number of nitrogens with one attached hydrogen (secondary N) is 1. The SMILES string of the molecule is C[C@H]1CNCCN1c1nc(OC[C@@H]2CCCN2C)nn2c(=O)cc(C(F)(F)F)c(-c3c(N)cccc3F)c12. The maximum Gasteiger partial charge on any atom is 0.417 e. The number of likely N-dealkylation sites (N-methyl/N-ethyl adjacent to an activating group) is 1. The second-order valence-corrected chi connectivity index (χ2v) is 9.79. The van der Waals surface area contributed by atoms with Gasteiger partial charge in [-0.2, -0.15) is 22.7 Å². The van der Waals surface area contributed by atoms with Crippen molar-refractivity contribution in [1.82, 2.24) is 24.8 Å². The molecular formula is C25H29F4N7O2. The van der Waals surface area contributed by atoms with E-state index in [1.807, 2.05) is 14.0 Å².